The fourth-order valence-corrected chi connectivity index (χ4v) is 2.59. The van der Waals surface area contributed by atoms with E-state index in [1.165, 1.54) is 12.1 Å². The molecule has 0 spiro atoms. The molecule has 2 rings (SSSR count). The molecule has 0 aromatic heterocycles. The molecule has 1 aliphatic heterocycles. The van der Waals surface area contributed by atoms with E-state index in [-0.39, 0.29) is 18.5 Å². The fraction of sp³-hybridized carbons (Fsp3) is 0.533. The van der Waals surface area contributed by atoms with Gasteiger partial charge in [-0.1, -0.05) is 13.8 Å². The molecule has 1 aromatic rings. The molecule has 0 radical (unpaired) electrons. The molecule has 0 saturated carbocycles. The molecule has 0 aliphatic carbocycles. The van der Waals surface area contributed by atoms with Gasteiger partial charge in [-0.15, -0.1) is 0 Å². The van der Waals surface area contributed by atoms with E-state index in [1.807, 2.05) is 4.90 Å². The number of carbonyl (C=O) groups is 1. The molecule has 1 aromatic carbocycles. The van der Waals surface area contributed by atoms with E-state index in [2.05, 4.69) is 13.8 Å². The summed E-state index contributed by atoms with van der Waals surface area (Å²) in [7, 11) is 0. The maximum absolute atomic E-state index is 13.2. The SMILES string of the molecule is CC(C)CN(CC(=O)O)CC1Cc2cc(F)ccc2O1. The van der Waals surface area contributed by atoms with E-state index < -0.39 is 5.97 Å². The number of nitrogens with zero attached hydrogens (tertiary/aromatic N) is 1. The van der Waals surface area contributed by atoms with Gasteiger partial charge in [0, 0.05) is 25.1 Å². The number of carboxylic acid groups (broad SMARTS) is 1. The molecule has 0 saturated heterocycles. The van der Waals surface area contributed by atoms with Crippen LogP contribution in [0.5, 0.6) is 5.75 Å². The largest absolute Gasteiger partial charge is 0.488 e. The van der Waals surface area contributed by atoms with Gasteiger partial charge in [-0.2, -0.15) is 0 Å². The molecule has 1 unspecified atom stereocenters. The lowest BCUT2D eigenvalue weighted by Gasteiger charge is -2.25. The van der Waals surface area contributed by atoms with Gasteiger partial charge < -0.3 is 9.84 Å². The minimum atomic E-state index is -0.841. The molecule has 20 heavy (non-hydrogen) atoms. The number of aliphatic carboxylic acids is 1. The van der Waals surface area contributed by atoms with Crippen LogP contribution in [0.15, 0.2) is 18.2 Å². The summed E-state index contributed by atoms with van der Waals surface area (Å²) in [5, 5.41) is 8.95. The smallest absolute Gasteiger partial charge is 0.317 e. The molecule has 1 atom stereocenters. The van der Waals surface area contributed by atoms with Crippen LogP contribution < -0.4 is 4.74 Å². The number of carboxylic acids is 1. The van der Waals surface area contributed by atoms with Crippen molar-refractivity contribution in [2.24, 2.45) is 5.92 Å². The van der Waals surface area contributed by atoms with Crippen molar-refractivity contribution in [3.8, 4) is 5.75 Å². The summed E-state index contributed by atoms with van der Waals surface area (Å²) < 4.78 is 18.9. The van der Waals surface area contributed by atoms with Crippen LogP contribution in [0.4, 0.5) is 4.39 Å². The molecule has 0 bridgehead atoms. The van der Waals surface area contributed by atoms with Crippen LogP contribution in [0.1, 0.15) is 19.4 Å². The third kappa shape index (κ3) is 3.93. The Morgan fingerprint density at radius 3 is 2.95 bits per heavy atom. The summed E-state index contributed by atoms with van der Waals surface area (Å²) in [4.78, 5) is 12.8. The lowest BCUT2D eigenvalue weighted by atomic mass is 10.1. The lowest BCUT2D eigenvalue weighted by molar-refractivity contribution is -0.138. The van der Waals surface area contributed by atoms with Crippen LogP contribution in [0.3, 0.4) is 0 Å². The first kappa shape index (κ1) is 14.8. The van der Waals surface area contributed by atoms with Gasteiger partial charge in [0.1, 0.15) is 17.7 Å². The number of ether oxygens (including phenoxy) is 1. The summed E-state index contributed by atoms with van der Waals surface area (Å²) in [6, 6.07) is 4.50. The fourth-order valence-electron chi connectivity index (χ4n) is 2.59. The van der Waals surface area contributed by atoms with Gasteiger partial charge in [0.25, 0.3) is 0 Å². The van der Waals surface area contributed by atoms with Crippen molar-refractivity contribution >= 4 is 5.97 Å². The Kier molecular flexibility index (Phi) is 4.60. The van der Waals surface area contributed by atoms with Crippen LogP contribution in [0.2, 0.25) is 0 Å². The standard InChI is InChI=1S/C15H20FNO3/c1-10(2)7-17(9-15(18)19)8-13-6-11-5-12(16)3-4-14(11)20-13/h3-5,10,13H,6-9H2,1-2H3,(H,18,19). The quantitative estimate of drug-likeness (QED) is 0.868. The number of halogens is 1. The highest BCUT2D eigenvalue weighted by molar-refractivity contribution is 5.69. The Labute approximate surface area is 118 Å². The number of benzene rings is 1. The zero-order valence-corrected chi connectivity index (χ0v) is 11.8. The highest BCUT2D eigenvalue weighted by Gasteiger charge is 2.26. The highest BCUT2D eigenvalue weighted by Crippen LogP contribution is 2.29. The Morgan fingerprint density at radius 2 is 2.30 bits per heavy atom. The van der Waals surface area contributed by atoms with Crippen molar-refractivity contribution in [2.75, 3.05) is 19.6 Å². The minimum Gasteiger partial charge on any atom is -0.488 e. The molecular weight excluding hydrogens is 261 g/mol. The molecule has 1 N–H and O–H groups in total. The van der Waals surface area contributed by atoms with E-state index in [0.29, 0.717) is 31.2 Å². The minimum absolute atomic E-state index is 0.00272. The zero-order valence-electron chi connectivity index (χ0n) is 11.8. The molecule has 1 aliphatic rings. The molecule has 110 valence electrons. The summed E-state index contributed by atoms with van der Waals surface area (Å²) in [5.41, 5.74) is 0.856. The summed E-state index contributed by atoms with van der Waals surface area (Å²) >= 11 is 0. The Balaban J connectivity index is 1.97. The number of fused-ring (bicyclic) bond motifs is 1. The van der Waals surface area contributed by atoms with Crippen LogP contribution >= 0.6 is 0 Å². The molecule has 5 heteroatoms. The van der Waals surface area contributed by atoms with Crippen molar-refractivity contribution in [2.45, 2.75) is 26.4 Å². The second kappa shape index (κ2) is 6.22. The van der Waals surface area contributed by atoms with Gasteiger partial charge >= 0.3 is 5.97 Å². The van der Waals surface area contributed by atoms with E-state index in [4.69, 9.17) is 9.84 Å². The van der Waals surface area contributed by atoms with Crippen molar-refractivity contribution in [3.63, 3.8) is 0 Å². The monoisotopic (exact) mass is 281 g/mol. The van der Waals surface area contributed by atoms with Crippen LogP contribution in [0.25, 0.3) is 0 Å². The molecule has 1 heterocycles. The Hall–Kier alpha value is -1.62. The Morgan fingerprint density at radius 1 is 1.55 bits per heavy atom. The highest BCUT2D eigenvalue weighted by atomic mass is 19.1. The third-order valence-electron chi connectivity index (χ3n) is 3.21. The summed E-state index contributed by atoms with van der Waals surface area (Å²) in [6.45, 7) is 5.35. The topological polar surface area (TPSA) is 49.8 Å². The molecule has 4 nitrogen and oxygen atoms in total. The normalized spacial score (nSPS) is 17.4. The van der Waals surface area contributed by atoms with E-state index >= 15 is 0 Å². The molecule has 0 amide bonds. The predicted octanol–water partition coefficient (Wildman–Crippen LogP) is 2.17. The maximum Gasteiger partial charge on any atom is 0.317 e. The van der Waals surface area contributed by atoms with Crippen molar-refractivity contribution in [1.29, 1.82) is 0 Å². The summed E-state index contributed by atoms with van der Waals surface area (Å²) in [5.74, 6) is -0.0171. The van der Waals surface area contributed by atoms with Gasteiger partial charge in [0.2, 0.25) is 0 Å². The van der Waals surface area contributed by atoms with Gasteiger partial charge in [-0.3, -0.25) is 9.69 Å². The summed E-state index contributed by atoms with van der Waals surface area (Å²) in [6.07, 6.45) is 0.520. The maximum atomic E-state index is 13.2. The average Bonchev–Trinajstić information content (AvgIpc) is 2.68. The van der Waals surface area contributed by atoms with Gasteiger partial charge in [0.05, 0.1) is 6.54 Å². The second-order valence-corrected chi connectivity index (χ2v) is 5.68. The first-order valence-corrected chi connectivity index (χ1v) is 6.83. The number of rotatable bonds is 6. The van der Waals surface area contributed by atoms with Crippen molar-refractivity contribution in [1.82, 2.24) is 4.90 Å². The van der Waals surface area contributed by atoms with Crippen LogP contribution in [0, 0.1) is 11.7 Å². The first-order valence-electron chi connectivity index (χ1n) is 6.83. The van der Waals surface area contributed by atoms with E-state index in [1.54, 1.807) is 6.07 Å². The van der Waals surface area contributed by atoms with E-state index in [0.717, 1.165) is 5.56 Å². The third-order valence-corrected chi connectivity index (χ3v) is 3.21. The van der Waals surface area contributed by atoms with E-state index in [9.17, 15) is 9.18 Å². The van der Waals surface area contributed by atoms with Crippen molar-refractivity contribution < 1.29 is 19.0 Å². The average molecular weight is 281 g/mol. The van der Waals surface area contributed by atoms with Crippen LogP contribution in [-0.2, 0) is 11.2 Å². The lowest BCUT2D eigenvalue weighted by Crippen LogP contribution is -2.40. The number of hydrogen-bond acceptors (Lipinski definition) is 3. The first-order chi connectivity index (χ1) is 9.44. The van der Waals surface area contributed by atoms with Gasteiger partial charge in [0.15, 0.2) is 0 Å². The number of hydrogen-bond donors (Lipinski definition) is 1. The molecular formula is C15H20FNO3. The van der Waals surface area contributed by atoms with Crippen molar-refractivity contribution in [3.05, 3.63) is 29.6 Å². The predicted molar refractivity (Wildman–Crippen MR) is 73.4 cm³/mol. The van der Waals surface area contributed by atoms with Gasteiger partial charge in [-0.25, -0.2) is 4.39 Å². The Bertz CT molecular complexity index is 490. The van der Waals surface area contributed by atoms with Gasteiger partial charge in [-0.05, 0) is 24.1 Å². The zero-order chi connectivity index (χ0) is 14.7. The van der Waals surface area contributed by atoms with Crippen LogP contribution in [-0.4, -0.2) is 41.7 Å². The second-order valence-electron chi connectivity index (χ2n) is 5.68. The molecule has 0 fully saturated rings.